The van der Waals surface area contributed by atoms with E-state index in [-0.39, 0.29) is 0 Å². The first kappa shape index (κ1) is 16.1. The fourth-order valence-corrected chi connectivity index (χ4v) is 3.84. The van der Waals surface area contributed by atoms with Crippen LogP contribution in [0, 0.1) is 5.92 Å². The highest BCUT2D eigenvalue weighted by atomic mass is 16.5. The van der Waals surface area contributed by atoms with Gasteiger partial charge in [-0.2, -0.15) is 4.98 Å². The lowest BCUT2D eigenvalue weighted by Crippen LogP contribution is -2.44. The minimum Gasteiger partial charge on any atom is -0.334 e. The zero-order valence-electron chi connectivity index (χ0n) is 15.2. The van der Waals surface area contributed by atoms with Crippen molar-refractivity contribution < 1.29 is 4.52 Å². The first-order chi connectivity index (χ1) is 13.3. The Kier molecular flexibility index (Phi) is 3.94. The zero-order chi connectivity index (χ0) is 18.2. The minimum atomic E-state index is 0.509. The van der Waals surface area contributed by atoms with Crippen LogP contribution in [0.3, 0.4) is 0 Å². The summed E-state index contributed by atoms with van der Waals surface area (Å²) in [5.41, 5.74) is 3.21. The Morgan fingerprint density at radius 1 is 1.00 bits per heavy atom. The summed E-state index contributed by atoms with van der Waals surface area (Å²) in [6.45, 7) is 5.64. The molecule has 2 aromatic carbocycles. The van der Waals surface area contributed by atoms with Crippen molar-refractivity contribution in [2.24, 2.45) is 5.92 Å². The normalized spacial score (nSPS) is 15.1. The Morgan fingerprint density at radius 2 is 1.78 bits per heavy atom. The van der Waals surface area contributed by atoms with Gasteiger partial charge in [0.05, 0.1) is 0 Å². The molecule has 0 atom stereocenters. The molecule has 1 aliphatic rings. The number of rotatable bonds is 4. The molecule has 0 saturated carbocycles. The molecule has 2 aromatic heterocycles. The zero-order valence-corrected chi connectivity index (χ0v) is 15.2. The maximum Gasteiger partial charge on any atom is 0.258 e. The standard InChI is InChI=1S/C22H20N4O/c1-15-12-26(13-15)14-17-6-7-20(19-5-3-2-4-18(17)19)21-24-22(27-25-21)16-8-10-23-11-9-16/h2-11,15H,12-14H2,1H3. The van der Waals surface area contributed by atoms with E-state index >= 15 is 0 Å². The molecule has 4 aromatic rings. The molecular weight excluding hydrogens is 336 g/mol. The van der Waals surface area contributed by atoms with Crippen LogP contribution >= 0.6 is 0 Å². The van der Waals surface area contributed by atoms with Gasteiger partial charge in [-0.15, -0.1) is 0 Å². The summed E-state index contributed by atoms with van der Waals surface area (Å²) >= 11 is 0. The molecule has 0 bridgehead atoms. The molecule has 27 heavy (non-hydrogen) atoms. The molecule has 5 heteroatoms. The molecule has 1 saturated heterocycles. The van der Waals surface area contributed by atoms with E-state index in [9.17, 15) is 0 Å². The van der Waals surface area contributed by atoms with Crippen LogP contribution in [0.1, 0.15) is 12.5 Å². The third-order valence-corrected chi connectivity index (χ3v) is 5.14. The molecule has 0 radical (unpaired) electrons. The molecule has 5 nitrogen and oxygen atoms in total. The van der Waals surface area contributed by atoms with E-state index in [1.165, 1.54) is 24.0 Å². The van der Waals surface area contributed by atoms with Crippen molar-refractivity contribution in [3.63, 3.8) is 0 Å². The minimum absolute atomic E-state index is 0.509. The van der Waals surface area contributed by atoms with Gasteiger partial charge >= 0.3 is 0 Å². The van der Waals surface area contributed by atoms with Crippen LogP contribution in [0.25, 0.3) is 33.6 Å². The summed E-state index contributed by atoms with van der Waals surface area (Å²) in [6.07, 6.45) is 3.44. The van der Waals surface area contributed by atoms with Crippen LogP contribution in [0.15, 0.2) is 65.4 Å². The van der Waals surface area contributed by atoms with Crippen molar-refractivity contribution in [3.05, 3.63) is 66.5 Å². The first-order valence-electron chi connectivity index (χ1n) is 9.25. The van der Waals surface area contributed by atoms with Gasteiger partial charge in [0.2, 0.25) is 5.82 Å². The molecule has 1 aliphatic heterocycles. The smallest absolute Gasteiger partial charge is 0.258 e. The Balaban J connectivity index is 1.54. The van der Waals surface area contributed by atoms with Crippen molar-refractivity contribution in [3.8, 4) is 22.8 Å². The number of fused-ring (bicyclic) bond motifs is 1. The first-order valence-corrected chi connectivity index (χ1v) is 9.25. The van der Waals surface area contributed by atoms with Crippen molar-refractivity contribution >= 4 is 10.8 Å². The lowest BCUT2D eigenvalue weighted by Gasteiger charge is -2.37. The summed E-state index contributed by atoms with van der Waals surface area (Å²) in [4.78, 5) is 11.1. The lowest BCUT2D eigenvalue weighted by molar-refractivity contribution is 0.105. The molecular formula is C22H20N4O. The van der Waals surface area contributed by atoms with Gasteiger partial charge in [-0.25, -0.2) is 0 Å². The monoisotopic (exact) mass is 356 g/mol. The van der Waals surface area contributed by atoms with Crippen molar-refractivity contribution in [2.45, 2.75) is 13.5 Å². The molecule has 3 heterocycles. The van der Waals surface area contributed by atoms with E-state index < -0.39 is 0 Å². The van der Waals surface area contributed by atoms with Gasteiger partial charge in [-0.05, 0) is 34.4 Å². The SMILES string of the molecule is CC1CN(Cc2ccc(-c3noc(-c4ccncc4)n3)c3ccccc23)C1. The van der Waals surface area contributed by atoms with Gasteiger partial charge in [0, 0.05) is 43.2 Å². The van der Waals surface area contributed by atoms with Gasteiger partial charge in [-0.1, -0.05) is 48.5 Å². The van der Waals surface area contributed by atoms with Crippen LogP contribution in [0.2, 0.25) is 0 Å². The van der Waals surface area contributed by atoms with E-state index in [4.69, 9.17) is 4.52 Å². The summed E-state index contributed by atoms with van der Waals surface area (Å²) in [6, 6.07) is 16.5. The molecule has 0 aliphatic carbocycles. The third kappa shape index (κ3) is 3.00. The largest absolute Gasteiger partial charge is 0.334 e. The van der Waals surface area contributed by atoms with Gasteiger partial charge in [-0.3, -0.25) is 9.88 Å². The Morgan fingerprint density at radius 3 is 2.56 bits per heavy atom. The van der Waals surface area contributed by atoms with E-state index in [1.54, 1.807) is 12.4 Å². The molecule has 0 N–H and O–H groups in total. The topological polar surface area (TPSA) is 55.1 Å². The van der Waals surface area contributed by atoms with Crippen molar-refractivity contribution in [1.29, 1.82) is 0 Å². The van der Waals surface area contributed by atoms with Crippen LogP contribution in [-0.4, -0.2) is 33.1 Å². The van der Waals surface area contributed by atoms with Gasteiger partial charge < -0.3 is 4.52 Å². The van der Waals surface area contributed by atoms with E-state index in [1.807, 2.05) is 12.1 Å². The predicted octanol–water partition coefficient (Wildman–Crippen LogP) is 4.40. The maximum absolute atomic E-state index is 5.49. The number of aromatic nitrogens is 3. The Hall–Kier alpha value is -3.05. The van der Waals surface area contributed by atoms with Crippen LogP contribution in [-0.2, 0) is 6.54 Å². The Labute approximate surface area is 157 Å². The quantitative estimate of drug-likeness (QED) is 0.542. The highest BCUT2D eigenvalue weighted by molar-refractivity contribution is 5.97. The fourth-order valence-electron chi connectivity index (χ4n) is 3.84. The van der Waals surface area contributed by atoms with E-state index in [0.717, 1.165) is 29.0 Å². The van der Waals surface area contributed by atoms with Crippen LogP contribution in [0.5, 0.6) is 0 Å². The van der Waals surface area contributed by atoms with Gasteiger partial charge in [0.1, 0.15) is 0 Å². The summed E-state index contributed by atoms with van der Waals surface area (Å²) < 4.78 is 5.49. The number of nitrogens with zero attached hydrogens (tertiary/aromatic N) is 4. The number of hydrogen-bond donors (Lipinski definition) is 0. The lowest BCUT2D eigenvalue weighted by atomic mass is 9.96. The average Bonchev–Trinajstić information content (AvgIpc) is 3.17. The second kappa shape index (κ2) is 6.59. The van der Waals surface area contributed by atoms with Gasteiger partial charge in [0.15, 0.2) is 0 Å². The summed E-state index contributed by atoms with van der Waals surface area (Å²) in [5, 5.41) is 6.64. The van der Waals surface area contributed by atoms with Crippen LogP contribution < -0.4 is 0 Å². The highest BCUT2D eigenvalue weighted by Gasteiger charge is 2.23. The van der Waals surface area contributed by atoms with Crippen molar-refractivity contribution in [2.75, 3.05) is 13.1 Å². The molecule has 134 valence electrons. The summed E-state index contributed by atoms with van der Waals surface area (Å²) in [5.74, 6) is 1.93. The predicted molar refractivity (Wildman–Crippen MR) is 105 cm³/mol. The molecule has 0 unspecified atom stereocenters. The molecule has 5 rings (SSSR count). The van der Waals surface area contributed by atoms with E-state index in [2.05, 4.69) is 63.3 Å². The average molecular weight is 356 g/mol. The molecule has 0 amide bonds. The summed E-state index contributed by atoms with van der Waals surface area (Å²) in [7, 11) is 0. The highest BCUT2D eigenvalue weighted by Crippen LogP contribution is 2.32. The van der Waals surface area contributed by atoms with Gasteiger partial charge in [0.25, 0.3) is 5.89 Å². The number of benzene rings is 2. The fraction of sp³-hybridized carbons (Fsp3) is 0.227. The molecule has 1 fully saturated rings. The number of hydrogen-bond acceptors (Lipinski definition) is 5. The number of pyridine rings is 1. The third-order valence-electron chi connectivity index (χ3n) is 5.14. The number of likely N-dealkylation sites (tertiary alicyclic amines) is 1. The Bertz CT molecular complexity index is 1080. The van der Waals surface area contributed by atoms with Crippen molar-refractivity contribution in [1.82, 2.24) is 20.0 Å². The molecule has 0 spiro atoms. The second-order valence-corrected chi connectivity index (χ2v) is 7.28. The maximum atomic E-state index is 5.49. The van der Waals surface area contributed by atoms with E-state index in [0.29, 0.717) is 11.7 Å². The second-order valence-electron chi connectivity index (χ2n) is 7.28. The van der Waals surface area contributed by atoms with Crippen LogP contribution in [0.4, 0.5) is 0 Å².